The van der Waals surface area contributed by atoms with Crippen molar-refractivity contribution in [2.24, 2.45) is 23.5 Å². The molecule has 1 aromatic heterocycles. The van der Waals surface area contributed by atoms with E-state index in [0.29, 0.717) is 17.4 Å². The van der Waals surface area contributed by atoms with E-state index in [0.717, 1.165) is 12.1 Å². The summed E-state index contributed by atoms with van der Waals surface area (Å²) in [5, 5.41) is 14.0. The van der Waals surface area contributed by atoms with Gasteiger partial charge in [-0.1, -0.05) is 12.2 Å². The topological polar surface area (TPSA) is 108 Å². The van der Waals surface area contributed by atoms with Gasteiger partial charge in [0.1, 0.15) is 12.1 Å². The number of hydrogen-bond donors (Lipinski definition) is 2. The number of nitrogens with zero attached hydrogens (tertiary/aromatic N) is 4. The minimum absolute atomic E-state index is 0. The van der Waals surface area contributed by atoms with Crippen molar-refractivity contribution in [2.75, 3.05) is 12.4 Å². The highest BCUT2D eigenvalue weighted by Crippen LogP contribution is 2.43. The maximum absolute atomic E-state index is 12.7. The van der Waals surface area contributed by atoms with E-state index in [9.17, 15) is 4.79 Å². The molecule has 9 heteroatoms. The lowest BCUT2D eigenvalue weighted by atomic mass is 9.88. The molecule has 2 aliphatic carbocycles. The Morgan fingerprint density at radius 1 is 1.36 bits per heavy atom. The molecular formula is C16H19ClN6O2. The molecule has 2 aliphatic rings. The molecule has 1 amide bonds. The molecule has 4 atom stereocenters. The summed E-state index contributed by atoms with van der Waals surface area (Å²) in [7, 11) is 1.56. The lowest BCUT2D eigenvalue weighted by Crippen LogP contribution is -2.41. The van der Waals surface area contributed by atoms with E-state index in [1.807, 2.05) is 6.07 Å². The van der Waals surface area contributed by atoms with Crippen LogP contribution in [0.1, 0.15) is 6.42 Å². The third kappa shape index (κ3) is 2.98. The van der Waals surface area contributed by atoms with Crippen LogP contribution in [0.3, 0.4) is 0 Å². The molecule has 0 radical (unpaired) electrons. The van der Waals surface area contributed by atoms with E-state index in [2.05, 4.69) is 33.0 Å². The number of halogens is 1. The summed E-state index contributed by atoms with van der Waals surface area (Å²) in [6.07, 6.45) is 6.69. The monoisotopic (exact) mass is 362 g/mol. The first-order valence-electron chi connectivity index (χ1n) is 7.83. The molecule has 1 saturated carbocycles. The number of anilines is 1. The molecule has 2 aromatic rings. The molecule has 0 unspecified atom stereocenters. The standard InChI is InChI=1S/C16H18N6O2.ClH/c1-24-13-7-11(22-8-18-20-21-22)4-5-12(13)19-16(23)14-9-2-3-10(6-9)15(14)17;/h2-5,7-10,14-15H,6,17H2,1H3,(H,19,23);1H/t9-,10+,14-,15+;/m1./s1. The summed E-state index contributed by atoms with van der Waals surface area (Å²) in [5.74, 6) is 0.840. The van der Waals surface area contributed by atoms with E-state index in [1.54, 1.807) is 19.2 Å². The second kappa shape index (κ2) is 6.81. The van der Waals surface area contributed by atoms with Crippen molar-refractivity contribution >= 4 is 24.0 Å². The van der Waals surface area contributed by atoms with Gasteiger partial charge in [-0.05, 0) is 40.8 Å². The Kier molecular flexibility index (Phi) is 4.73. The molecule has 0 aliphatic heterocycles. The van der Waals surface area contributed by atoms with Crippen molar-refractivity contribution < 1.29 is 9.53 Å². The van der Waals surface area contributed by atoms with Crippen molar-refractivity contribution in [3.63, 3.8) is 0 Å². The van der Waals surface area contributed by atoms with E-state index in [-0.39, 0.29) is 36.2 Å². The number of ether oxygens (including phenoxy) is 1. The minimum atomic E-state index is -0.191. The molecule has 0 saturated heterocycles. The van der Waals surface area contributed by atoms with Crippen LogP contribution in [-0.2, 0) is 4.79 Å². The summed E-state index contributed by atoms with van der Waals surface area (Å²) in [6.45, 7) is 0. The van der Waals surface area contributed by atoms with Crippen LogP contribution in [0.5, 0.6) is 5.75 Å². The van der Waals surface area contributed by atoms with Crippen LogP contribution in [-0.4, -0.2) is 39.3 Å². The van der Waals surface area contributed by atoms with Gasteiger partial charge in [0.05, 0.1) is 24.4 Å². The van der Waals surface area contributed by atoms with E-state index in [1.165, 1.54) is 11.0 Å². The number of fused-ring (bicyclic) bond motifs is 2. The molecule has 1 heterocycles. The van der Waals surface area contributed by atoms with Gasteiger partial charge >= 0.3 is 0 Å². The van der Waals surface area contributed by atoms with Crippen LogP contribution < -0.4 is 15.8 Å². The number of allylic oxidation sites excluding steroid dienone is 1. The number of amides is 1. The van der Waals surface area contributed by atoms with Crippen LogP contribution in [0.15, 0.2) is 36.7 Å². The van der Waals surface area contributed by atoms with Gasteiger partial charge in [0.25, 0.3) is 0 Å². The van der Waals surface area contributed by atoms with Gasteiger partial charge in [-0.2, -0.15) is 0 Å². The van der Waals surface area contributed by atoms with Gasteiger partial charge in [0.15, 0.2) is 0 Å². The number of nitrogens with one attached hydrogen (secondary N) is 1. The summed E-state index contributed by atoms with van der Waals surface area (Å²) in [6, 6.07) is 5.25. The fraction of sp³-hybridized carbons (Fsp3) is 0.375. The second-order valence-corrected chi connectivity index (χ2v) is 6.18. The Morgan fingerprint density at radius 3 is 2.80 bits per heavy atom. The molecule has 25 heavy (non-hydrogen) atoms. The number of rotatable bonds is 4. The number of nitrogens with two attached hydrogens (primary N) is 1. The Labute approximate surface area is 150 Å². The zero-order chi connectivity index (χ0) is 16.7. The third-order valence-electron chi connectivity index (χ3n) is 4.88. The number of carbonyl (C=O) groups is 1. The molecule has 0 spiro atoms. The van der Waals surface area contributed by atoms with Crippen LogP contribution in [0.4, 0.5) is 5.69 Å². The van der Waals surface area contributed by atoms with Gasteiger partial charge in [0.2, 0.25) is 5.91 Å². The summed E-state index contributed by atoms with van der Waals surface area (Å²) < 4.78 is 6.91. The molecule has 3 N–H and O–H groups in total. The zero-order valence-electron chi connectivity index (χ0n) is 13.6. The molecule has 4 rings (SSSR count). The van der Waals surface area contributed by atoms with Gasteiger partial charge in [0, 0.05) is 12.1 Å². The normalized spacial score (nSPS) is 26.3. The minimum Gasteiger partial charge on any atom is -0.494 e. The number of benzene rings is 1. The SMILES string of the molecule is COc1cc(-n2cnnn2)ccc1NC(=O)[C@H]1[C@@H](N)[C@H]2C=C[C@@H]1C2.Cl. The van der Waals surface area contributed by atoms with Crippen molar-refractivity contribution in [3.8, 4) is 11.4 Å². The van der Waals surface area contributed by atoms with Crippen LogP contribution in [0.2, 0.25) is 0 Å². The first-order chi connectivity index (χ1) is 11.7. The van der Waals surface area contributed by atoms with Crippen LogP contribution >= 0.6 is 12.4 Å². The Bertz CT molecular complexity index is 794. The third-order valence-corrected chi connectivity index (χ3v) is 4.88. The molecule has 8 nitrogen and oxygen atoms in total. The van der Waals surface area contributed by atoms with Crippen LogP contribution in [0, 0.1) is 17.8 Å². The number of methoxy groups -OCH3 is 1. The highest BCUT2D eigenvalue weighted by molar-refractivity contribution is 5.95. The lowest BCUT2D eigenvalue weighted by Gasteiger charge is -2.24. The smallest absolute Gasteiger partial charge is 0.229 e. The average Bonchev–Trinajstić information content (AvgIpc) is 3.32. The number of hydrogen-bond acceptors (Lipinski definition) is 6. The summed E-state index contributed by atoms with van der Waals surface area (Å²) >= 11 is 0. The van der Waals surface area contributed by atoms with Crippen LogP contribution in [0.25, 0.3) is 5.69 Å². The summed E-state index contributed by atoms with van der Waals surface area (Å²) in [4.78, 5) is 12.7. The zero-order valence-corrected chi connectivity index (χ0v) is 14.4. The number of carbonyl (C=O) groups excluding carboxylic acids is 1. The Hall–Kier alpha value is -2.45. The van der Waals surface area contributed by atoms with E-state index in [4.69, 9.17) is 10.5 Å². The molecular weight excluding hydrogens is 344 g/mol. The predicted octanol–water partition coefficient (Wildman–Crippen LogP) is 1.18. The molecule has 1 aromatic carbocycles. The van der Waals surface area contributed by atoms with E-state index < -0.39 is 0 Å². The highest BCUT2D eigenvalue weighted by atomic mass is 35.5. The lowest BCUT2D eigenvalue weighted by molar-refractivity contribution is -0.120. The first-order valence-corrected chi connectivity index (χ1v) is 7.83. The first kappa shape index (κ1) is 17.4. The van der Waals surface area contributed by atoms with Crippen molar-refractivity contribution in [1.29, 1.82) is 0 Å². The fourth-order valence-electron chi connectivity index (χ4n) is 3.65. The second-order valence-electron chi connectivity index (χ2n) is 6.18. The van der Waals surface area contributed by atoms with Gasteiger partial charge in [-0.15, -0.1) is 17.5 Å². The Balaban J connectivity index is 0.00000182. The fourth-order valence-corrected chi connectivity index (χ4v) is 3.65. The maximum Gasteiger partial charge on any atom is 0.229 e. The summed E-state index contributed by atoms with van der Waals surface area (Å²) in [5.41, 5.74) is 7.56. The molecule has 132 valence electrons. The van der Waals surface area contributed by atoms with Gasteiger partial charge < -0.3 is 15.8 Å². The Morgan fingerprint density at radius 2 is 2.16 bits per heavy atom. The molecule has 1 fully saturated rings. The van der Waals surface area contributed by atoms with Gasteiger partial charge in [-0.25, -0.2) is 4.68 Å². The largest absolute Gasteiger partial charge is 0.494 e. The quantitative estimate of drug-likeness (QED) is 0.791. The van der Waals surface area contributed by atoms with Crippen molar-refractivity contribution in [1.82, 2.24) is 20.2 Å². The number of aromatic nitrogens is 4. The predicted molar refractivity (Wildman–Crippen MR) is 93.8 cm³/mol. The highest BCUT2D eigenvalue weighted by Gasteiger charge is 2.46. The van der Waals surface area contributed by atoms with E-state index >= 15 is 0 Å². The number of tetrazole rings is 1. The van der Waals surface area contributed by atoms with Gasteiger partial charge in [-0.3, -0.25) is 4.79 Å². The average molecular weight is 363 g/mol. The van der Waals surface area contributed by atoms with Crippen molar-refractivity contribution in [3.05, 3.63) is 36.7 Å². The maximum atomic E-state index is 12.7. The van der Waals surface area contributed by atoms with Crippen molar-refractivity contribution in [2.45, 2.75) is 12.5 Å². The molecule has 2 bridgehead atoms.